The first kappa shape index (κ1) is 14.7. The van der Waals surface area contributed by atoms with E-state index in [-0.39, 0.29) is 17.2 Å². The summed E-state index contributed by atoms with van der Waals surface area (Å²) in [6.45, 7) is 1.81. The molecule has 0 bridgehead atoms. The standard InChI is InChI=1S/C19H13FN2O/c1-12-18(16-4-2-3-5-17(16)22-12)19(23)14(11-21)10-13-6-8-15(20)9-7-13/h2-10,22H,1H3. The second-order valence-electron chi connectivity index (χ2n) is 5.22. The van der Waals surface area contributed by atoms with Gasteiger partial charge in [-0.05, 0) is 36.8 Å². The molecule has 0 aliphatic heterocycles. The molecule has 3 rings (SSSR count). The van der Waals surface area contributed by atoms with Crippen LogP contribution in [0.3, 0.4) is 0 Å². The fourth-order valence-corrected chi connectivity index (χ4v) is 2.58. The number of hydrogen-bond donors (Lipinski definition) is 1. The highest BCUT2D eigenvalue weighted by Crippen LogP contribution is 2.25. The van der Waals surface area contributed by atoms with Crippen LogP contribution in [0.25, 0.3) is 17.0 Å². The predicted octanol–water partition coefficient (Wildman–Crippen LogP) is 4.41. The van der Waals surface area contributed by atoms with Crippen molar-refractivity contribution in [3.63, 3.8) is 0 Å². The van der Waals surface area contributed by atoms with E-state index in [9.17, 15) is 14.4 Å². The van der Waals surface area contributed by atoms with Crippen LogP contribution in [0.2, 0.25) is 0 Å². The van der Waals surface area contributed by atoms with Crippen LogP contribution < -0.4 is 0 Å². The normalized spacial score (nSPS) is 11.4. The van der Waals surface area contributed by atoms with Gasteiger partial charge in [-0.2, -0.15) is 5.26 Å². The maximum atomic E-state index is 13.0. The summed E-state index contributed by atoms with van der Waals surface area (Å²) in [5, 5.41) is 10.1. The maximum absolute atomic E-state index is 13.0. The highest BCUT2D eigenvalue weighted by Gasteiger charge is 2.19. The third-order valence-electron chi connectivity index (χ3n) is 3.67. The summed E-state index contributed by atoms with van der Waals surface area (Å²) in [6, 6.07) is 15.1. The smallest absolute Gasteiger partial charge is 0.205 e. The van der Waals surface area contributed by atoms with Gasteiger partial charge in [0.2, 0.25) is 5.78 Å². The van der Waals surface area contributed by atoms with Crippen LogP contribution in [-0.2, 0) is 0 Å². The van der Waals surface area contributed by atoms with Gasteiger partial charge in [0.25, 0.3) is 0 Å². The second-order valence-corrected chi connectivity index (χ2v) is 5.22. The molecule has 2 aromatic carbocycles. The number of aryl methyl sites for hydroxylation is 1. The Morgan fingerprint density at radius 3 is 2.57 bits per heavy atom. The number of fused-ring (bicyclic) bond motifs is 1. The minimum absolute atomic E-state index is 0.0180. The van der Waals surface area contributed by atoms with Crippen LogP contribution in [0.5, 0.6) is 0 Å². The third-order valence-corrected chi connectivity index (χ3v) is 3.67. The van der Waals surface area contributed by atoms with E-state index in [0.717, 1.165) is 16.6 Å². The molecule has 0 unspecified atom stereocenters. The van der Waals surface area contributed by atoms with Gasteiger partial charge in [0, 0.05) is 16.6 Å². The number of benzene rings is 2. The van der Waals surface area contributed by atoms with Crippen molar-refractivity contribution in [3.05, 3.63) is 76.7 Å². The summed E-state index contributed by atoms with van der Waals surface area (Å²) >= 11 is 0. The molecular weight excluding hydrogens is 291 g/mol. The van der Waals surface area contributed by atoms with E-state index >= 15 is 0 Å². The number of H-pyrrole nitrogens is 1. The van der Waals surface area contributed by atoms with Crippen molar-refractivity contribution in [2.75, 3.05) is 0 Å². The average molecular weight is 304 g/mol. The van der Waals surface area contributed by atoms with Gasteiger partial charge in [-0.15, -0.1) is 0 Å². The lowest BCUT2D eigenvalue weighted by Gasteiger charge is -2.01. The summed E-state index contributed by atoms with van der Waals surface area (Å²) < 4.78 is 13.0. The van der Waals surface area contributed by atoms with Crippen LogP contribution in [0.1, 0.15) is 21.6 Å². The molecule has 3 nitrogen and oxygen atoms in total. The molecule has 0 radical (unpaired) electrons. The zero-order chi connectivity index (χ0) is 16.4. The number of para-hydroxylation sites is 1. The summed E-state index contributed by atoms with van der Waals surface area (Å²) in [5.74, 6) is -0.703. The van der Waals surface area contributed by atoms with E-state index in [4.69, 9.17) is 0 Å². The lowest BCUT2D eigenvalue weighted by molar-refractivity contribution is 0.104. The van der Waals surface area contributed by atoms with Gasteiger partial charge in [0.05, 0.1) is 5.56 Å². The maximum Gasteiger partial charge on any atom is 0.205 e. The molecule has 0 saturated carbocycles. The zero-order valence-electron chi connectivity index (χ0n) is 12.4. The predicted molar refractivity (Wildman–Crippen MR) is 87.4 cm³/mol. The van der Waals surface area contributed by atoms with Crippen molar-refractivity contribution in [1.29, 1.82) is 5.26 Å². The van der Waals surface area contributed by atoms with Crippen molar-refractivity contribution in [3.8, 4) is 6.07 Å². The first-order valence-electron chi connectivity index (χ1n) is 7.09. The molecular formula is C19H13FN2O. The Morgan fingerprint density at radius 1 is 1.17 bits per heavy atom. The molecule has 0 amide bonds. The van der Waals surface area contributed by atoms with Crippen molar-refractivity contribution in [1.82, 2.24) is 4.98 Å². The third kappa shape index (κ3) is 2.77. The number of ketones is 1. The molecule has 1 N–H and O–H groups in total. The van der Waals surface area contributed by atoms with Crippen LogP contribution in [0.15, 0.2) is 54.1 Å². The second kappa shape index (κ2) is 5.90. The fourth-order valence-electron chi connectivity index (χ4n) is 2.58. The SMILES string of the molecule is Cc1[nH]c2ccccc2c1C(=O)C(C#N)=Cc1ccc(F)cc1. The summed E-state index contributed by atoms with van der Waals surface area (Å²) in [4.78, 5) is 15.9. The number of allylic oxidation sites excluding steroid dienone is 1. The number of aromatic nitrogens is 1. The number of hydrogen-bond acceptors (Lipinski definition) is 2. The average Bonchev–Trinajstić information content (AvgIpc) is 2.89. The number of rotatable bonds is 3. The van der Waals surface area contributed by atoms with Crippen molar-refractivity contribution in [2.45, 2.75) is 6.92 Å². The minimum Gasteiger partial charge on any atom is -0.358 e. The van der Waals surface area contributed by atoms with E-state index in [1.54, 1.807) is 6.92 Å². The molecule has 0 saturated heterocycles. The Hall–Kier alpha value is -3.19. The Bertz CT molecular complexity index is 959. The summed E-state index contributed by atoms with van der Waals surface area (Å²) in [5.41, 5.74) is 2.69. The molecule has 0 aliphatic carbocycles. The Morgan fingerprint density at radius 2 is 1.87 bits per heavy atom. The number of nitriles is 1. The first-order valence-corrected chi connectivity index (χ1v) is 7.09. The molecule has 0 spiro atoms. The van der Waals surface area contributed by atoms with Crippen LogP contribution in [-0.4, -0.2) is 10.8 Å². The quantitative estimate of drug-likeness (QED) is 0.443. The van der Waals surface area contributed by atoms with Crippen molar-refractivity contribution >= 4 is 22.8 Å². The summed E-state index contributed by atoms with van der Waals surface area (Å²) in [6.07, 6.45) is 1.48. The van der Waals surface area contributed by atoms with E-state index in [0.29, 0.717) is 11.1 Å². The molecule has 1 aromatic heterocycles. The number of nitrogens with zero attached hydrogens (tertiary/aromatic N) is 1. The molecule has 0 atom stereocenters. The molecule has 0 fully saturated rings. The Labute approximate surface area is 132 Å². The van der Waals surface area contributed by atoms with E-state index < -0.39 is 0 Å². The van der Waals surface area contributed by atoms with Crippen molar-refractivity contribution in [2.24, 2.45) is 0 Å². The number of Topliss-reactive ketones (excluding diaryl/α,β-unsaturated/α-hetero) is 1. The number of carbonyl (C=O) groups is 1. The van der Waals surface area contributed by atoms with E-state index in [2.05, 4.69) is 4.98 Å². The number of carbonyl (C=O) groups excluding carboxylic acids is 1. The molecule has 3 aromatic rings. The Kier molecular flexibility index (Phi) is 3.78. The van der Waals surface area contributed by atoms with Gasteiger partial charge in [-0.1, -0.05) is 30.3 Å². The van der Waals surface area contributed by atoms with Crippen LogP contribution >= 0.6 is 0 Å². The van der Waals surface area contributed by atoms with Gasteiger partial charge in [-0.25, -0.2) is 4.39 Å². The van der Waals surface area contributed by atoms with Gasteiger partial charge < -0.3 is 4.98 Å². The van der Waals surface area contributed by atoms with Gasteiger partial charge >= 0.3 is 0 Å². The topological polar surface area (TPSA) is 56.6 Å². The van der Waals surface area contributed by atoms with E-state index in [1.165, 1.54) is 30.3 Å². The van der Waals surface area contributed by atoms with Gasteiger partial charge in [0.15, 0.2) is 0 Å². The molecule has 4 heteroatoms. The largest absolute Gasteiger partial charge is 0.358 e. The molecule has 112 valence electrons. The summed E-state index contributed by atoms with van der Waals surface area (Å²) in [7, 11) is 0. The molecule has 1 heterocycles. The minimum atomic E-state index is -0.362. The van der Waals surface area contributed by atoms with Crippen molar-refractivity contribution < 1.29 is 9.18 Å². The lowest BCUT2D eigenvalue weighted by Crippen LogP contribution is -2.03. The van der Waals surface area contributed by atoms with Crippen LogP contribution in [0, 0.1) is 24.1 Å². The Balaban J connectivity index is 2.08. The zero-order valence-corrected chi connectivity index (χ0v) is 12.4. The first-order chi connectivity index (χ1) is 11.1. The van der Waals surface area contributed by atoms with Gasteiger partial charge in [-0.3, -0.25) is 4.79 Å². The fraction of sp³-hybridized carbons (Fsp3) is 0.0526. The highest BCUT2D eigenvalue weighted by atomic mass is 19.1. The number of nitrogens with one attached hydrogen (secondary N) is 1. The lowest BCUT2D eigenvalue weighted by atomic mass is 9.99. The van der Waals surface area contributed by atoms with Crippen LogP contribution in [0.4, 0.5) is 4.39 Å². The molecule has 0 aliphatic rings. The number of halogens is 1. The highest BCUT2D eigenvalue weighted by molar-refractivity contribution is 6.20. The van der Waals surface area contributed by atoms with E-state index in [1.807, 2.05) is 30.3 Å². The molecule has 23 heavy (non-hydrogen) atoms. The number of aromatic amines is 1. The monoisotopic (exact) mass is 304 g/mol. The van der Waals surface area contributed by atoms with Gasteiger partial charge in [0.1, 0.15) is 17.5 Å².